The van der Waals surface area contributed by atoms with E-state index < -0.39 is 0 Å². The van der Waals surface area contributed by atoms with Gasteiger partial charge in [0.2, 0.25) is 0 Å². The van der Waals surface area contributed by atoms with Crippen LogP contribution in [-0.4, -0.2) is 9.97 Å². The summed E-state index contributed by atoms with van der Waals surface area (Å²) in [6, 6.07) is 3.76. The second-order valence-corrected chi connectivity index (χ2v) is 5.01. The Hall–Kier alpha value is -0.930. The highest BCUT2D eigenvalue weighted by atomic mass is 35.5. The van der Waals surface area contributed by atoms with Crippen molar-refractivity contribution in [1.82, 2.24) is 9.97 Å². The van der Waals surface area contributed by atoms with Gasteiger partial charge in [0.25, 0.3) is 0 Å². The van der Waals surface area contributed by atoms with E-state index in [1.54, 1.807) is 17.5 Å². The van der Waals surface area contributed by atoms with Gasteiger partial charge in [-0.05, 0) is 25.0 Å². The molecule has 2 nitrogen and oxygen atoms in total. The number of hydrogen-bond acceptors (Lipinski definition) is 3. The molecule has 0 unspecified atom stereocenters. The van der Waals surface area contributed by atoms with Gasteiger partial charge in [0.15, 0.2) is 0 Å². The van der Waals surface area contributed by atoms with Crippen molar-refractivity contribution in [2.45, 2.75) is 18.8 Å². The molecule has 3 rings (SSSR count). The largest absolute Gasteiger partial charge is 0.252 e. The van der Waals surface area contributed by atoms with Crippen LogP contribution in [0.1, 0.15) is 24.5 Å². The van der Waals surface area contributed by atoms with Crippen LogP contribution in [0.2, 0.25) is 5.02 Å². The SMILES string of the molecule is Clc1ccc(-c2nc(C3CC3)cs2)nc1. The molecular formula is C11H9ClN2S. The zero-order chi connectivity index (χ0) is 10.3. The maximum Gasteiger partial charge on any atom is 0.142 e. The van der Waals surface area contributed by atoms with Crippen LogP contribution in [0, 0.1) is 0 Å². The van der Waals surface area contributed by atoms with Crippen LogP contribution in [0.25, 0.3) is 10.7 Å². The van der Waals surface area contributed by atoms with E-state index in [4.69, 9.17) is 11.6 Å². The number of thiazole rings is 1. The normalized spacial score (nSPS) is 15.5. The van der Waals surface area contributed by atoms with Crippen molar-refractivity contribution in [3.63, 3.8) is 0 Å². The van der Waals surface area contributed by atoms with E-state index in [1.165, 1.54) is 18.5 Å². The summed E-state index contributed by atoms with van der Waals surface area (Å²) >= 11 is 7.45. The molecule has 2 aromatic heterocycles. The smallest absolute Gasteiger partial charge is 0.142 e. The summed E-state index contributed by atoms with van der Waals surface area (Å²) in [5, 5.41) is 3.80. The van der Waals surface area contributed by atoms with Crippen molar-refractivity contribution in [3.05, 3.63) is 34.4 Å². The van der Waals surface area contributed by atoms with Crippen LogP contribution in [-0.2, 0) is 0 Å². The molecule has 0 aromatic carbocycles. The maximum absolute atomic E-state index is 5.79. The van der Waals surface area contributed by atoms with E-state index in [9.17, 15) is 0 Å². The molecule has 2 heterocycles. The van der Waals surface area contributed by atoms with Gasteiger partial charge in [-0.15, -0.1) is 11.3 Å². The molecule has 0 N–H and O–H groups in total. The molecule has 0 atom stereocenters. The third-order valence-electron chi connectivity index (χ3n) is 2.46. The van der Waals surface area contributed by atoms with Gasteiger partial charge >= 0.3 is 0 Å². The van der Waals surface area contributed by atoms with Crippen LogP contribution in [0.4, 0.5) is 0 Å². The van der Waals surface area contributed by atoms with Crippen molar-refractivity contribution in [3.8, 4) is 10.7 Å². The van der Waals surface area contributed by atoms with Gasteiger partial charge in [0.05, 0.1) is 16.4 Å². The Labute approximate surface area is 97.0 Å². The van der Waals surface area contributed by atoms with E-state index in [2.05, 4.69) is 15.3 Å². The van der Waals surface area contributed by atoms with Gasteiger partial charge in [-0.25, -0.2) is 4.98 Å². The number of rotatable bonds is 2. The number of nitrogens with zero attached hydrogens (tertiary/aromatic N) is 2. The first-order valence-electron chi connectivity index (χ1n) is 4.90. The Kier molecular flexibility index (Phi) is 2.22. The number of pyridine rings is 1. The highest BCUT2D eigenvalue weighted by Gasteiger charge is 2.26. The molecule has 0 bridgehead atoms. The third kappa shape index (κ3) is 1.90. The molecule has 0 amide bonds. The molecule has 1 fully saturated rings. The fourth-order valence-corrected chi connectivity index (χ4v) is 2.46. The van der Waals surface area contributed by atoms with Crippen molar-refractivity contribution in [1.29, 1.82) is 0 Å². The van der Waals surface area contributed by atoms with Gasteiger partial charge in [0.1, 0.15) is 5.01 Å². The topological polar surface area (TPSA) is 25.8 Å². The van der Waals surface area contributed by atoms with E-state index in [-0.39, 0.29) is 0 Å². The minimum absolute atomic E-state index is 0.665. The Morgan fingerprint density at radius 2 is 2.20 bits per heavy atom. The van der Waals surface area contributed by atoms with Crippen LogP contribution >= 0.6 is 22.9 Å². The van der Waals surface area contributed by atoms with Crippen LogP contribution in [0.3, 0.4) is 0 Å². The van der Waals surface area contributed by atoms with Crippen molar-refractivity contribution in [2.24, 2.45) is 0 Å². The highest BCUT2D eigenvalue weighted by Crippen LogP contribution is 2.41. The Balaban J connectivity index is 1.93. The summed E-state index contributed by atoms with van der Waals surface area (Å²) in [7, 11) is 0. The molecule has 76 valence electrons. The zero-order valence-corrected chi connectivity index (χ0v) is 9.55. The molecule has 0 saturated heterocycles. The Bertz CT molecular complexity index is 474. The fraction of sp³-hybridized carbons (Fsp3) is 0.273. The lowest BCUT2D eigenvalue weighted by molar-refractivity contribution is 1.05. The lowest BCUT2D eigenvalue weighted by Crippen LogP contribution is -1.83. The molecule has 0 radical (unpaired) electrons. The van der Waals surface area contributed by atoms with Crippen molar-refractivity contribution < 1.29 is 0 Å². The molecule has 1 aliphatic rings. The van der Waals surface area contributed by atoms with Gasteiger partial charge in [-0.2, -0.15) is 0 Å². The monoisotopic (exact) mass is 236 g/mol. The van der Waals surface area contributed by atoms with Gasteiger partial charge in [0, 0.05) is 17.5 Å². The molecule has 4 heteroatoms. The number of aromatic nitrogens is 2. The highest BCUT2D eigenvalue weighted by molar-refractivity contribution is 7.13. The van der Waals surface area contributed by atoms with E-state index in [0.29, 0.717) is 10.9 Å². The summed E-state index contributed by atoms with van der Waals surface area (Å²) < 4.78 is 0. The molecule has 0 aliphatic heterocycles. The van der Waals surface area contributed by atoms with Crippen LogP contribution < -0.4 is 0 Å². The summed E-state index contributed by atoms with van der Waals surface area (Å²) in [6.07, 6.45) is 4.24. The quantitative estimate of drug-likeness (QED) is 0.794. The second-order valence-electron chi connectivity index (χ2n) is 3.71. The van der Waals surface area contributed by atoms with Gasteiger partial charge in [-0.3, -0.25) is 4.98 Å². The van der Waals surface area contributed by atoms with Crippen LogP contribution in [0.15, 0.2) is 23.7 Å². The van der Waals surface area contributed by atoms with Crippen molar-refractivity contribution in [2.75, 3.05) is 0 Å². The minimum Gasteiger partial charge on any atom is -0.252 e. The average molecular weight is 237 g/mol. The summed E-state index contributed by atoms with van der Waals surface area (Å²) in [6.45, 7) is 0. The van der Waals surface area contributed by atoms with E-state index >= 15 is 0 Å². The summed E-state index contributed by atoms with van der Waals surface area (Å²) in [5.74, 6) is 0.710. The lowest BCUT2D eigenvalue weighted by atomic mass is 10.3. The average Bonchev–Trinajstić information content (AvgIpc) is 2.99. The molecule has 1 saturated carbocycles. The van der Waals surface area contributed by atoms with E-state index in [1.807, 2.05) is 12.1 Å². The molecular weight excluding hydrogens is 228 g/mol. The predicted molar refractivity (Wildman–Crippen MR) is 62.3 cm³/mol. The lowest BCUT2D eigenvalue weighted by Gasteiger charge is -1.94. The van der Waals surface area contributed by atoms with Crippen LogP contribution in [0.5, 0.6) is 0 Å². The Morgan fingerprint density at radius 3 is 2.87 bits per heavy atom. The predicted octanol–water partition coefficient (Wildman–Crippen LogP) is 3.74. The Morgan fingerprint density at radius 1 is 1.33 bits per heavy atom. The van der Waals surface area contributed by atoms with E-state index in [0.717, 1.165) is 10.7 Å². The van der Waals surface area contributed by atoms with Gasteiger partial charge < -0.3 is 0 Å². The first kappa shape index (κ1) is 9.31. The fourth-order valence-electron chi connectivity index (χ4n) is 1.47. The number of halogens is 1. The standard InChI is InChI=1S/C11H9ClN2S/c12-8-3-4-9(13-5-8)11-14-10(6-15-11)7-1-2-7/h3-7H,1-2H2. The molecule has 0 spiro atoms. The maximum atomic E-state index is 5.79. The molecule has 1 aliphatic carbocycles. The minimum atomic E-state index is 0.665. The zero-order valence-electron chi connectivity index (χ0n) is 7.98. The summed E-state index contributed by atoms with van der Waals surface area (Å²) in [5.41, 5.74) is 2.14. The number of hydrogen-bond donors (Lipinski definition) is 0. The molecule has 2 aromatic rings. The third-order valence-corrected chi connectivity index (χ3v) is 3.57. The summed E-state index contributed by atoms with van der Waals surface area (Å²) in [4.78, 5) is 8.84. The van der Waals surface area contributed by atoms with Crippen molar-refractivity contribution >= 4 is 22.9 Å². The first-order valence-corrected chi connectivity index (χ1v) is 6.16. The second kappa shape index (κ2) is 3.58. The first-order chi connectivity index (χ1) is 7.33. The molecule has 15 heavy (non-hydrogen) atoms. The van der Waals surface area contributed by atoms with Gasteiger partial charge in [-0.1, -0.05) is 11.6 Å².